The summed E-state index contributed by atoms with van der Waals surface area (Å²) in [6.07, 6.45) is 1.09. The zero-order chi connectivity index (χ0) is 13.0. The van der Waals surface area contributed by atoms with Gasteiger partial charge in [-0.1, -0.05) is 31.2 Å². The molecule has 0 aliphatic carbocycles. The number of hydrogen-bond acceptors (Lipinski definition) is 3. The summed E-state index contributed by atoms with van der Waals surface area (Å²) in [5.41, 5.74) is 4.00. The highest BCUT2D eigenvalue weighted by Crippen LogP contribution is 2.17. The van der Waals surface area contributed by atoms with Crippen LogP contribution in [-0.2, 0) is 19.5 Å². The van der Waals surface area contributed by atoms with Crippen LogP contribution in [0, 0.1) is 13.8 Å². The van der Waals surface area contributed by atoms with Crippen LogP contribution >= 0.6 is 11.3 Å². The summed E-state index contributed by atoms with van der Waals surface area (Å²) in [6, 6.07) is 8.63. The number of rotatable bonds is 5. The molecular weight excluding hydrogens is 240 g/mol. The van der Waals surface area contributed by atoms with E-state index in [1.807, 2.05) is 0 Å². The fraction of sp³-hybridized carbons (Fsp3) is 0.400. The second kappa shape index (κ2) is 6.12. The maximum absolute atomic E-state index is 4.45. The number of aromatic nitrogens is 1. The van der Waals surface area contributed by atoms with Crippen molar-refractivity contribution in [1.29, 1.82) is 0 Å². The van der Waals surface area contributed by atoms with Crippen LogP contribution in [0.3, 0.4) is 0 Å². The minimum Gasteiger partial charge on any atom is -0.308 e. The van der Waals surface area contributed by atoms with E-state index in [0.29, 0.717) is 0 Å². The summed E-state index contributed by atoms with van der Waals surface area (Å²) < 4.78 is 0. The maximum atomic E-state index is 4.45. The van der Waals surface area contributed by atoms with Gasteiger partial charge >= 0.3 is 0 Å². The molecule has 0 amide bonds. The van der Waals surface area contributed by atoms with Gasteiger partial charge in [-0.25, -0.2) is 4.98 Å². The van der Waals surface area contributed by atoms with Crippen molar-refractivity contribution in [3.63, 3.8) is 0 Å². The van der Waals surface area contributed by atoms with Gasteiger partial charge in [0, 0.05) is 18.0 Å². The van der Waals surface area contributed by atoms with E-state index in [9.17, 15) is 0 Å². The van der Waals surface area contributed by atoms with Crippen LogP contribution in [0.4, 0.5) is 0 Å². The number of aryl methyl sites for hydroxylation is 3. The summed E-state index contributed by atoms with van der Waals surface area (Å²) in [4.78, 5) is 5.80. The molecule has 3 heteroatoms. The molecule has 1 aromatic heterocycles. The zero-order valence-corrected chi connectivity index (χ0v) is 12.1. The fourth-order valence-electron chi connectivity index (χ4n) is 2.12. The highest BCUT2D eigenvalue weighted by Gasteiger charge is 2.04. The van der Waals surface area contributed by atoms with E-state index >= 15 is 0 Å². The number of nitrogens with zero attached hydrogens (tertiary/aromatic N) is 1. The van der Waals surface area contributed by atoms with Crippen LogP contribution in [0.2, 0.25) is 0 Å². The molecule has 0 fully saturated rings. The molecule has 0 aliphatic rings. The van der Waals surface area contributed by atoms with Gasteiger partial charge in [0.25, 0.3) is 0 Å². The molecule has 0 saturated heterocycles. The SMILES string of the molecule is CCc1ccccc1CNCc1sc(C)nc1C. The Balaban J connectivity index is 1.94. The largest absolute Gasteiger partial charge is 0.308 e. The topological polar surface area (TPSA) is 24.9 Å². The number of nitrogens with one attached hydrogen (secondary N) is 1. The van der Waals surface area contributed by atoms with E-state index < -0.39 is 0 Å². The molecule has 0 bridgehead atoms. The molecule has 96 valence electrons. The van der Waals surface area contributed by atoms with Crippen molar-refractivity contribution in [2.45, 2.75) is 40.3 Å². The van der Waals surface area contributed by atoms with Gasteiger partial charge in [-0.15, -0.1) is 11.3 Å². The van der Waals surface area contributed by atoms with Gasteiger partial charge in [0.1, 0.15) is 0 Å². The van der Waals surface area contributed by atoms with Crippen molar-refractivity contribution in [1.82, 2.24) is 10.3 Å². The Morgan fingerprint density at radius 3 is 2.44 bits per heavy atom. The third kappa shape index (κ3) is 3.18. The summed E-state index contributed by atoms with van der Waals surface area (Å²) in [7, 11) is 0. The highest BCUT2D eigenvalue weighted by atomic mass is 32.1. The highest BCUT2D eigenvalue weighted by molar-refractivity contribution is 7.11. The van der Waals surface area contributed by atoms with Crippen LogP contribution < -0.4 is 5.32 Å². The third-order valence-corrected chi connectivity index (χ3v) is 4.17. The standard InChI is InChI=1S/C15H20N2S/c1-4-13-7-5-6-8-14(13)9-16-10-15-11(2)17-12(3)18-15/h5-8,16H,4,9-10H2,1-3H3. The molecule has 0 atom stereocenters. The zero-order valence-electron chi connectivity index (χ0n) is 11.3. The first-order valence-electron chi connectivity index (χ1n) is 6.41. The lowest BCUT2D eigenvalue weighted by Crippen LogP contribution is -2.13. The monoisotopic (exact) mass is 260 g/mol. The van der Waals surface area contributed by atoms with Gasteiger partial charge in [0.2, 0.25) is 0 Å². The van der Waals surface area contributed by atoms with Gasteiger partial charge in [-0.3, -0.25) is 0 Å². The van der Waals surface area contributed by atoms with Crippen molar-refractivity contribution in [3.8, 4) is 0 Å². The van der Waals surface area contributed by atoms with Crippen molar-refractivity contribution in [2.24, 2.45) is 0 Å². The average Bonchev–Trinajstić information content (AvgIpc) is 2.68. The van der Waals surface area contributed by atoms with Gasteiger partial charge in [0.15, 0.2) is 0 Å². The fourth-order valence-corrected chi connectivity index (χ4v) is 3.03. The second-order valence-electron chi connectivity index (χ2n) is 4.47. The van der Waals surface area contributed by atoms with Gasteiger partial charge in [-0.05, 0) is 31.4 Å². The Kier molecular flexibility index (Phi) is 4.50. The molecule has 1 aromatic carbocycles. The van der Waals surface area contributed by atoms with Crippen molar-refractivity contribution >= 4 is 11.3 Å². The van der Waals surface area contributed by atoms with E-state index in [4.69, 9.17) is 0 Å². The van der Waals surface area contributed by atoms with Gasteiger partial charge in [-0.2, -0.15) is 0 Å². The Hall–Kier alpha value is -1.19. The predicted octanol–water partition coefficient (Wildman–Crippen LogP) is 3.61. The summed E-state index contributed by atoms with van der Waals surface area (Å²) in [6.45, 7) is 8.19. The van der Waals surface area contributed by atoms with E-state index in [1.165, 1.54) is 16.0 Å². The smallest absolute Gasteiger partial charge is 0.0900 e. The molecule has 2 aromatic rings. The summed E-state index contributed by atoms with van der Waals surface area (Å²) in [5.74, 6) is 0. The van der Waals surface area contributed by atoms with E-state index in [0.717, 1.165) is 30.2 Å². The Morgan fingerprint density at radius 1 is 1.11 bits per heavy atom. The Labute approximate surface area is 113 Å². The molecule has 1 N–H and O–H groups in total. The third-order valence-electron chi connectivity index (χ3n) is 3.10. The molecule has 0 unspecified atom stereocenters. The maximum Gasteiger partial charge on any atom is 0.0900 e. The minimum absolute atomic E-state index is 0.912. The Bertz CT molecular complexity index is 517. The number of thiazole rings is 1. The normalized spacial score (nSPS) is 10.8. The van der Waals surface area contributed by atoms with E-state index in [2.05, 4.69) is 55.3 Å². The quantitative estimate of drug-likeness (QED) is 0.888. The second-order valence-corrected chi connectivity index (χ2v) is 5.76. The van der Waals surface area contributed by atoms with Crippen LogP contribution in [0.5, 0.6) is 0 Å². The lowest BCUT2D eigenvalue weighted by Gasteiger charge is -2.08. The van der Waals surface area contributed by atoms with Gasteiger partial charge < -0.3 is 5.32 Å². The lowest BCUT2D eigenvalue weighted by molar-refractivity contribution is 0.692. The number of benzene rings is 1. The molecule has 1 heterocycles. The molecule has 0 saturated carbocycles. The average molecular weight is 260 g/mol. The minimum atomic E-state index is 0.912. The van der Waals surface area contributed by atoms with Crippen molar-refractivity contribution in [3.05, 3.63) is 51.0 Å². The van der Waals surface area contributed by atoms with Crippen LogP contribution in [-0.4, -0.2) is 4.98 Å². The van der Waals surface area contributed by atoms with Crippen LogP contribution in [0.25, 0.3) is 0 Å². The summed E-state index contributed by atoms with van der Waals surface area (Å²) >= 11 is 1.79. The Morgan fingerprint density at radius 2 is 1.83 bits per heavy atom. The van der Waals surface area contributed by atoms with Crippen molar-refractivity contribution in [2.75, 3.05) is 0 Å². The van der Waals surface area contributed by atoms with Crippen molar-refractivity contribution < 1.29 is 0 Å². The predicted molar refractivity (Wildman–Crippen MR) is 78.0 cm³/mol. The molecule has 18 heavy (non-hydrogen) atoms. The molecular formula is C15H20N2S. The molecule has 2 rings (SSSR count). The molecule has 2 nitrogen and oxygen atoms in total. The molecule has 0 spiro atoms. The van der Waals surface area contributed by atoms with E-state index in [1.54, 1.807) is 11.3 Å². The molecule has 0 aliphatic heterocycles. The van der Waals surface area contributed by atoms with Gasteiger partial charge in [0.05, 0.1) is 10.7 Å². The number of hydrogen-bond donors (Lipinski definition) is 1. The lowest BCUT2D eigenvalue weighted by atomic mass is 10.1. The first-order chi connectivity index (χ1) is 8.70. The van der Waals surface area contributed by atoms with Crippen LogP contribution in [0.1, 0.15) is 33.6 Å². The first kappa shape index (κ1) is 13.2. The summed E-state index contributed by atoms with van der Waals surface area (Å²) in [5, 5.41) is 4.67. The molecule has 0 radical (unpaired) electrons. The first-order valence-corrected chi connectivity index (χ1v) is 7.22. The van der Waals surface area contributed by atoms with E-state index in [-0.39, 0.29) is 0 Å². The van der Waals surface area contributed by atoms with Crippen LogP contribution in [0.15, 0.2) is 24.3 Å².